The minimum Gasteiger partial charge on any atom is -0.406 e. The van der Waals surface area contributed by atoms with E-state index in [1.807, 2.05) is 0 Å². The third-order valence-corrected chi connectivity index (χ3v) is 4.32. The molecular formula is C20H14F5N5O. The second kappa shape index (κ2) is 8.17. The maximum Gasteiger partial charge on any atom is 0.573 e. The van der Waals surface area contributed by atoms with Crippen LogP contribution in [0.5, 0.6) is 5.75 Å². The molecule has 0 aliphatic carbocycles. The Bertz CT molecular complexity index is 1210. The number of benzene rings is 2. The molecule has 0 fully saturated rings. The van der Waals surface area contributed by atoms with Crippen LogP contribution in [0.15, 0.2) is 55.0 Å². The molecule has 1 N–H and O–H groups in total. The summed E-state index contributed by atoms with van der Waals surface area (Å²) < 4.78 is 68.7. The maximum absolute atomic E-state index is 13.8. The van der Waals surface area contributed by atoms with Gasteiger partial charge in [-0.2, -0.15) is 5.10 Å². The highest BCUT2D eigenvalue weighted by atomic mass is 19.4. The number of alkyl halides is 4. The van der Waals surface area contributed by atoms with Gasteiger partial charge in [0, 0.05) is 17.4 Å². The fourth-order valence-corrected chi connectivity index (χ4v) is 2.93. The van der Waals surface area contributed by atoms with Crippen molar-refractivity contribution in [1.29, 1.82) is 0 Å². The standard InChI is InChI=1S/C20H14F5N5O/c21-8-13-2-1-12(7-17(13)22)9-30-10-16-18(26-11-27-19(16)29-30)28-14-3-5-15(6-4-14)31-20(23,24)25/h1-7,10-11H,8-9H2,(H,26,27,28,29). The van der Waals surface area contributed by atoms with E-state index in [1.165, 1.54) is 47.4 Å². The first-order chi connectivity index (χ1) is 14.8. The van der Waals surface area contributed by atoms with Crippen molar-refractivity contribution in [2.45, 2.75) is 19.6 Å². The number of halogens is 5. The number of nitrogens with zero attached hydrogens (tertiary/aromatic N) is 4. The number of hydrogen-bond acceptors (Lipinski definition) is 5. The molecular weight excluding hydrogens is 421 g/mol. The number of aromatic nitrogens is 4. The molecule has 2 aromatic heterocycles. The average Bonchev–Trinajstić information content (AvgIpc) is 3.12. The predicted octanol–water partition coefficient (Wildman–Crippen LogP) is 5.13. The Morgan fingerprint density at radius 3 is 2.48 bits per heavy atom. The van der Waals surface area contributed by atoms with E-state index in [0.29, 0.717) is 28.1 Å². The lowest BCUT2D eigenvalue weighted by molar-refractivity contribution is -0.274. The molecule has 4 aromatic rings. The zero-order chi connectivity index (χ0) is 22.0. The van der Waals surface area contributed by atoms with Crippen LogP contribution in [0, 0.1) is 5.82 Å². The van der Waals surface area contributed by atoms with Gasteiger partial charge in [0.1, 0.15) is 30.4 Å². The second-order valence-electron chi connectivity index (χ2n) is 6.54. The van der Waals surface area contributed by atoms with Crippen LogP contribution in [-0.2, 0) is 13.2 Å². The summed E-state index contributed by atoms with van der Waals surface area (Å²) in [5.74, 6) is -0.582. The van der Waals surface area contributed by atoms with E-state index in [4.69, 9.17) is 0 Å². The molecule has 2 heterocycles. The Labute approximate surface area is 172 Å². The summed E-state index contributed by atoms with van der Waals surface area (Å²) in [5.41, 5.74) is 1.42. The van der Waals surface area contributed by atoms with Gasteiger partial charge in [0.2, 0.25) is 0 Å². The van der Waals surface area contributed by atoms with Crippen molar-refractivity contribution in [2.24, 2.45) is 0 Å². The monoisotopic (exact) mass is 435 g/mol. The largest absolute Gasteiger partial charge is 0.573 e. The topological polar surface area (TPSA) is 64.9 Å². The van der Waals surface area contributed by atoms with Gasteiger partial charge >= 0.3 is 6.36 Å². The second-order valence-corrected chi connectivity index (χ2v) is 6.54. The molecule has 2 aromatic carbocycles. The van der Waals surface area contributed by atoms with E-state index >= 15 is 0 Å². The number of hydrogen-bond donors (Lipinski definition) is 1. The molecule has 0 bridgehead atoms. The van der Waals surface area contributed by atoms with Gasteiger partial charge in [-0.3, -0.25) is 4.68 Å². The zero-order valence-corrected chi connectivity index (χ0v) is 15.7. The van der Waals surface area contributed by atoms with Crippen LogP contribution < -0.4 is 10.1 Å². The first-order valence-corrected chi connectivity index (χ1v) is 8.95. The molecule has 0 aliphatic heterocycles. The normalized spacial score (nSPS) is 11.6. The van der Waals surface area contributed by atoms with Crippen LogP contribution in [0.3, 0.4) is 0 Å². The molecule has 0 radical (unpaired) electrons. The molecule has 160 valence electrons. The van der Waals surface area contributed by atoms with Gasteiger partial charge in [0.05, 0.1) is 11.9 Å². The summed E-state index contributed by atoms with van der Waals surface area (Å²) in [6.07, 6.45) is -1.82. The first-order valence-electron chi connectivity index (χ1n) is 8.95. The number of nitrogens with one attached hydrogen (secondary N) is 1. The summed E-state index contributed by atoms with van der Waals surface area (Å²) in [6.45, 7) is -0.658. The summed E-state index contributed by atoms with van der Waals surface area (Å²) in [5, 5.41) is 7.87. The molecule has 4 rings (SSSR count). The molecule has 0 amide bonds. The van der Waals surface area contributed by atoms with Crippen LogP contribution in [-0.4, -0.2) is 26.1 Å². The van der Waals surface area contributed by atoms with Crippen LogP contribution in [0.25, 0.3) is 11.0 Å². The van der Waals surface area contributed by atoms with Crippen molar-refractivity contribution in [3.63, 3.8) is 0 Å². The summed E-state index contributed by atoms with van der Waals surface area (Å²) in [7, 11) is 0. The fraction of sp³-hybridized carbons (Fsp3) is 0.150. The third-order valence-electron chi connectivity index (χ3n) is 4.32. The summed E-state index contributed by atoms with van der Waals surface area (Å²) >= 11 is 0. The minimum absolute atomic E-state index is 0.0154. The molecule has 0 spiro atoms. The molecule has 6 nitrogen and oxygen atoms in total. The SMILES string of the molecule is FCc1ccc(Cn2cc3c(Nc4ccc(OC(F)(F)F)cc4)ncnc3n2)cc1F. The van der Waals surface area contributed by atoms with Crippen molar-refractivity contribution < 1.29 is 26.7 Å². The molecule has 31 heavy (non-hydrogen) atoms. The van der Waals surface area contributed by atoms with Gasteiger partial charge in [0.15, 0.2) is 5.65 Å². The molecule has 0 saturated heterocycles. The highest BCUT2D eigenvalue weighted by Gasteiger charge is 2.30. The summed E-state index contributed by atoms with van der Waals surface area (Å²) in [6, 6.07) is 9.41. The highest BCUT2D eigenvalue weighted by molar-refractivity contribution is 5.87. The number of fused-ring (bicyclic) bond motifs is 1. The van der Waals surface area contributed by atoms with Gasteiger partial charge in [-0.05, 0) is 35.9 Å². The van der Waals surface area contributed by atoms with Gasteiger partial charge in [-0.15, -0.1) is 13.2 Å². The van der Waals surface area contributed by atoms with E-state index in [1.54, 1.807) is 12.3 Å². The van der Waals surface area contributed by atoms with E-state index in [-0.39, 0.29) is 17.9 Å². The highest BCUT2D eigenvalue weighted by Crippen LogP contribution is 2.27. The van der Waals surface area contributed by atoms with Crippen molar-refractivity contribution in [3.05, 3.63) is 71.9 Å². The molecule has 11 heteroatoms. The van der Waals surface area contributed by atoms with Crippen molar-refractivity contribution >= 4 is 22.5 Å². The fourth-order valence-electron chi connectivity index (χ4n) is 2.93. The van der Waals surface area contributed by atoms with Crippen LogP contribution in [0.1, 0.15) is 11.1 Å². The molecule has 0 aliphatic rings. The van der Waals surface area contributed by atoms with Crippen molar-refractivity contribution in [1.82, 2.24) is 19.7 Å². The van der Waals surface area contributed by atoms with Crippen LogP contribution in [0.4, 0.5) is 33.5 Å². The number of ether oxygens (including phenoxy) is 1. The van der Waals surface area contributed by atoms with Gasteiger partial charge in [-0.25, -0.2) is 18.7 Å². The Kier molecular flexibility index (Phi) is 5.40. The van der Waals surface area contributed by atoms with E-state index in [2.05, 4.69) is 25.1 Å². The average molecular weight is 435 g/mol. The Morgan fingerprint density at radius 2 is 1.81 bits per heavy atom. The molecule has 0 saturated carbocycles. The third kappa shape index (κ3) is 4.87. The number of anilines is 2. The van der Waals surface area contributed by atoms with Gasteiger partial charge < -0.3 is 10.1 Å². The molecule has 0 atom stereocenters. The van der Waals surface area contributed by atoms with Crippen LogP contribution >= 0.6 is 0 Å². The van der Waals surface area contributed by atoms with E-state index in [9.17, 15) is 22.0 Å². The summed E-state index contributed by atoms with van der Waals surface area (Å²) in [4.78, 5) is 8.25. The Balaban J connectivity index is 1.54. The van der Waals surface area contributed by atoms with E-state index in [0.717, 1.165) is 0 Å². The smallest absolute Gasteiger partial charge is 0.406 e. The van der Waals surface area contributed by atoms with Crippen molar-refractivity contribution in [3.8, 4) is 5.75 Å². The van der Waals surface area contributed by atoms with E-state index < -0.39 is 18.9 Å². The first kappa shape index (κ1) is 20.5. The lowest BCUT2D eigenvalue weighted by atomic mass is 10.1. The lowest BCUT2D eigenvalue weighted by Crippen LogP contribution is -2.16. The zero-order valence-electron chi connectivity index (χ0n) is 15.7. The van der Waals surface area contributed by atoms with Gasteiger partial charge in [-0.1, -0.05) is 12.1 Å². The quantitative estimate of drug-likeness (QED) is 0.426. The Hall–Kier alpha value is -3.76. The van der Waals surface area contributed by atoms with Gasteiger partial charge in [0.25, 0.3) is 0 Å². The minimum atomic E-state index is -4.77. The lowest BCUT2D eigenvalue weighted by Gasteiger charge is -2.10. The van der Waals surface area contributed by atoms with Crippen LogP contribution in [0.2, 0.25) is 0 Å². The predicted molar refractivity (Wildman–Crippen MR) is 102 cm³/mol. The Morgan fingerprint density at radius 1 is 1.03 bits per heavy atom. The number of rotatable bonds is 6. The molecule has 0 unspecified atom stereocenters. The van der Waals surface area contributed by atoms with Crippen molar-refractivity contribution in [2.75, 3.05) is 5.32 Å². The maximum atomic E-state index is 13.8.